The third-order valence-corrected chi connectivity index (χ3v) is 8.02. The highest BCUT2D eigenvalue weighted by molar-refractivity contribution is 7.90. The first-order chi connectivity index (χ1) is 14.2. The van der Waals surface area contributed by atoms with Crippen LogP contribution in [0.1, 0.15) is 54.6 Å². The molecule has 0 saturated heterocycles. The van der Waals surface area contributed by atoms with Crippen LogP contribution in [-0.4, -0.2) is 30.2 Å². The van der Waals surface area contributed by atoms with Gasteiger partial charge in [-0.15, -0.1) is 0 Å². The van der Waals surface area contributed by atoms with Gasteiger partial charge >= 0.3 is 5.97 Å². The summed E-state index contributed by atoms with van der Waals surface area (Å²) in [6, 6.07) is 4.03. The molecule has 5 rings (SSSR count). The molecule has 1 atom stereocenters. The van der Waals surface area contributed by atoms with E-state index in [0.717, 1.165) is 25.7 Å². The second-order valence-corrected chi connectivity index (χ2v) is 10.7. The molecule has 9 heteroatoms. The molecule has 2 saturated carbocycles. The van der Waals surface area contributed by atoms with E-state index < -0.39 is 26.9 Å². The number of carbonyl (C=O) groups is 1. The van der Waals surface area contributed by atoms with Crippen molar-refractivity contribution in [3.63, 3.8) is 0 Å². The highest BCUT2D eigenvalue weighted by Gasteiger charge is 2.38. The summed E-state index contributed by atoms with van der Waals surface area (Å²) in [5.74, 6) is -0.980. The number of halogens is 1. The molecule has 0 unspecified atom stereocenters. The van der Waals surface area contributed by atoms with Crippen molar-refractivity contribution in [2.45, 2.75) is 55.4 Å². The molecular weight excluding hydrogens is 430 g/mol. The minimum atomic E-state index is -3.76. The molecule has 2 aliphatic carbocycles. The molecule has 158 valence electrons. The van der Waals surface area contributed by atoms with E-state index in [0.29, 0.717) is 28.5 Å². The zero-order chi connectivity index (χ0) is 21.4. The van der Waals surface area contributed by atoms with Gasteiger partial charge in [0.15, 0.2) is 9.84 Å². The van der Waals surface area contributed by atoms with E-state index in [-0.39, 0.29) is 27.8 Å². The second kappa shape index (κ2) is 6.59. The van der Waals surface area contributed by atoms with Gasteiger partial charge in [0.2, 0.25) is 0 Å². The molecule has 0 radical (unpaired) electrons. The van der Waals surface area contributed by atoms with Gasteiger partial charge in [-0.05, 0) is 56.2 Å². The van der Waals surface area contributed by atoms with Crippen LogP contribution in [0.15, 0.2) is 27.9 Å². The van der Waals surface area contributed by atoms with E-state index in [1.54, 1.807) is 0 Å². The number of carboxylic acids is 1. The maximum atomic E-state index is 13.1. The fourth-order valence-corrected chi connectivity index (χ4v) is 5.92. The monoisotopic (exact) mass is 449 g/mol. The standard InChI is InChI=1S/C21H20ClNO6S/c1-10(11-2-3-11)29-17-8-18-14(7-16(17)22)19-12(9-30(18,27)28)6-15(21(25)26)20(24)23(19)13-4-5-13/h6-8,10-11,13H,2-5,9H2,1H3,(H,25,26)/t10-/m1/s1. The third-order valence-electron chi connectivity index (χ3n) is 6.02. The van der Waals surface area contributed by atoms with Crippen LogP contribution in [0.2, 0.25) is 5.02 Å². The molecule has 0 spiro atoms. The molecule has 2 heterocycles. The Kier molecular flexibility index (Phi) is 4.31. The van der Waals surface area contributed by atoms with E-state index in [4.69, 9.17) is 16.3 Å². The Morgan fingerprint density at radius 3 is 2.53 bits per heavy atom. The van der Waals surface area contributed by atoms with E-state index in [2.05, 4.69) is 0 Å². The average molecular weight is 450 g/mol. The van der Waals surface area contributed by atoms with Crippen molar-refractivity contribution in [2.24, 2.45) is 5.92 Å². The fourth-order valence-electron chi connectivity index (χ4n) is 4.15. The fraction of sp³-hybridized carbons (Fsp3) is 0.429. The Morgan fingerprint density at radius 1 is 1.23 bits per heavy atom. The molecule has 7 nitrogen and oxygen atoms in total. The van der Waals surface area contributed by atoms with Crippen LogP contribution in [0, 0.1) is 5.92 Å². The molecule has 0 amide bonds. The van der Waals surface area contributed by atoms with Gasteiger partial charge in [-0.2, -0.15) is 0 Å². The van der Waals surface area contributed by atoms with E-state index >= 15 is 0 Å². The van der Waals surface area contributed by atoms with Crippen LogP contribution in [0.5, 0.6) is 5.75 Å². The lowest BCUT2D eigenvalue weighted by atomic mass is 10.0. The maximum Gasteiger partial charge on any atom is 0.341 e. The molecule has 3 aliphatic rings. The topological polar surface area (TPSA) is 103 Å². The van der Waals surface area contributed by atoms with Crippen molar-refractivity contribution in [1.29, 1.82) is 0 Å². The Labute approximate surface area is 178 Å². The van der Waals surface area contributed by atoms with E-state index in [9.17, 15) is 23.1 Å². The maximum absolute atomic E-state index is 13.1. The minimum Gasteiger partial charge on any atom is -0.489 e. The number of hydrogen-bond donors (Lipinski definition) is 1. The smallest absolute Gasteiger partial charge is 0.341 e. The summed E-state index contributed by atoms with van der Waals surface area (Å²) in [5, 5.41) is 9.70. The zero-order valence-corrected chi connectivity index (χ0v) is 17.8. The zero-order valence-electron chi connectivity index (χ0n) is 16.2. The number of rotatable bonds is 5. The molecule has 2 aromatic rings. The van der Waals surface area contributed by atoms with Crippen molar-refractivity contribution >= 4 is 27.4 Å². The number of pyridine rings is 1. The number of benzene rings is 1. The van der Waals surface area contributed by atoms with Gasteiger partial charge < -0.3 is 14.4 Å². The number of fused-ring (bicyclic) bond motifs is 3. The Bertz CT molecular complexity index is 1260. The van der Waals surface area contributed by atoms with Gasteiger partial charge in [0.05, 0.1) is 27.5 Å². The lowest BCUT2D eigenvalue weighted by Crippen LogP contribution is -2.30. The normalized spacial score (nSPS) is 20.2. The summed E-state index contributed by atoms with van der Waals surface area (Å²) in [6.45, 7) is 1.94. The van der Waals surface area contributed by atoms with E-state index in [1.807, 2.05) is 6.92 Å². The number of aromatic nitrogens is 1. The van der Waals surface area contributed by atoms with Crippen molar-refractivity contribution in [1.82, 2.24) is 4.57 Å². The summed E-state index contributed by atoms with van der Waals surface area (Å²) in [4.78, 5) is 24.5. The molecule has 2 fully saturated rings. The van der Waals surface area contributed by atoms with Gasteiger partial charge in [0.25, 0.3) is 5.56 Å². The SMILES string of the molecule is C[C@@H](Oc1cc2c(cc1Cl)-c1c(cc(C(=O)O)c(=O)n1C1CC1)CS2(=O)=O)C1CC1. The first-order valence-corrected chi connectivity index (χ1v) is 12.0. The summed E-state index contributed by atoms with van der Waals surface area (Å²) in [7, 11) is -3.76. The number of ether oxygens (including phenoxy) is 1. The average Bonchev–Trinajstić information content (AvgIpc) is 3.54. The number of carboxylic acid groups (broad SMARTS) is 1. The summed E-state index contributed by atoms with van der Waals surface area (Å²) < 4.78 is 33.5. The molecule has 1 N–H and O–H groups in total. The van der Waals surface area contributed by atoms with Crippen LogP contribution in [0.4, 0.5) is 0 Å². The first-order valence-electron chi connectivity index (χ1n) is 9.92. The van der Waals surface area contributed by atoms with Crippen LogP contribution in [-0.2, 0) is 15.6 Å². The number of aromatic carboxylic acids is 1. The first kappa shape index (κ1) is 19.6. The van der Waals surface area contributed by atoms with Crippen LogP contribution in [0.3, 0.4) is 0 Å². The highest BCUT2D eigenvalue weighted by Crippen LogP contribution is 2.46. The lowest BCUT2D eigenvalue weighted by Gasteiger charge is -2.26. The van der Waals surface area contributed by atoms with Crippen LogP contribution >= 0.6 is 11.6 Å². The van der Waals surface area contributed by atoms with Gasteiger partial charge in [0, 0.05) is 17.7 Å². The van der Waals surface area contributed by atoms with Gasteiger partial charge in [-0.3, -0.25) is 4.79 Å². The van der Waals surface area contributed by atoms with Crippen LogP contribution < -0.4 is 10.3 Å². The van der Waals surface area contributed by atoms with Gasteiger partial charge in [-0.1, -0.05) is 11.6 Å². The van der Waals surface area contributed by atoms with Crippen molar-refractivity contribution < 1.29 is 23.1 Å². The molecule has 1 aromatic heterocycles. The van der Waals surface area contributed by atoms with E-state index in [1.165, 1.54) is 22.8 Å². The number of sulfone groups is 1. The Hall–Kier alpha value is -2.32. The predicted molar refractivity (Wildman–Crippen MR) is 110 cm³/mol. The van der Waals surface area contributed by atoms with Gasteiger partial charge in [-0.25, -0.2) is 13.2 Å². The number of nitrogens with zero attached hydrogens (tertiary/aromatic N) is 1. The lowest BCUT2D eigenvalue weighted by molar-refractivity contribution is 0.0694. The summed E-state index contributed by atoms with van der Waals surface area (Å²) in [6.07, 6.45) is 3.57. The Morgan fingerprint density at radius 2 is 1.93 bits per heavy atom. The Balaban J connectivity index is 1.74. The predicted octanol–water partition coefficient (Wildman–Crippen LogP) is 3.67. The van der Waals surface area contributed by atoms with Gasteiger partial charge in [0.1, 0.15) is 11.3 Å². The number of hydrogen-bond acceptors (Lipinski definition) is 5. The summed E-state index contributed by atoms with van der Waals surface area (Å²) in [5.41, 5.74) is 0.0496. The molecule has 1 aromatic carbocycles. The molecular formula is C21H20ClNO6S. The minimum absolute atomic E-state index is 0.0641. The molecule has 1 aliphatic heterocycles. The molecule has 0 bridgehead atoms. The van der Waals surface area contributed by atoms with Crippen molar-refractivity contribution in [3.05, 3.63) is 44.7 Å². The van der Waals surface area contributed by atoms with Crippen LogP contribution in [0.25, 0.3) is 11.3 Å². The quantitative estimate of drug-likeness (QED) is 0.747. The van der Waals surface area contributed by atoms with Crippen molar-refractivity contribution in [3.8, 4) is 17.0 Å². The third kappa shape index (κ3) is 3.13. The summed E-state index contributed by atoms with van der Waals surface area (Å²) >= 11 is 6.46. The largest absolute Gasteiger partial charge is 0.489 e. The van der Waals surface area contributed by atoms with Crippen molar-refractivity contribution in [2.75, 3.05) is 0 Å². The highest BCUT2D eigenvalue weighted by atomic mass is 35.5. The second-order valence-electron chi connectivity index (χ2n) is 8.34. The molecule has 30 heavy (non-hydrogen) atoms.